The van der Waals surface area contributed by atoms with E-state index in [1.165, 1.54) is 12.1 Å². The fourth-order valence-electron chi connectivity index (χ4n) is 2.20. The number of benzene rings is 1. The number of H-pyrrole nitrogens is 1. The van der Waals surface area contributed by atoms with Crippen LogP contribution in [0.1, 0.15) is 18.5 Å². The third-order valence-corrected chi connectivity index (χ3v) is 4.04. The van der Waals surface area contributed by atoms with Gasteiger partial charge in [0.05, 0.1) is 17.3 Å². The van der Waals surface area contributed by atoms with Crippen LogP contribution in [0.3, 0.4) is 0 Å². The lowest BCUT2D eigenvalue weighted by Crippen LogP contribution is -2.08. The fourth-order valence-corrected chi connectivity index (χ4v) is 2.74. The summed E-state index contributed by atoms with van der Waals surface area (Å²) in [5.41, 5.74) is 2.66. The molecular weight excluding hydrogens is 312 g/mol. The Morgan fingerprint density at radius 3 is 2.76 bits per heavy atom. The van der Waals surface area contributed by atoms with Crippen LogP contribution in [0.15, 0.2) is 43.0 Å². The van der Waals surface area contributed by atoms with Gasteiger partial charge in [0.25, 0.3) is 0 Å². The summed E-state index contributed by atoms with van der Waals surface area (Å²) in [4.78, 5) is 3.00. The summed E-state index contributed by atoms with van der Waals surface area (Å²) in [6, 6.07) is 4.53. The van der Waals surface area contributed by atoms with Crippen LogP contribution in [0.2, 0.25) is 10.0 Å². The van der Waals surface area contributed by atoms with E-state index >= 15 is 0 Å². The zero-order valence-electron chi connectivity index (χ0n) is 11.1. The molecule has 21 heavy (non-hydrogen) atoms. The second-order valence-electron chi connectivity index (χ2n) is 4.77. The van der Waals surface area contributed by atoms with Crippen molar-refractivity contribution in [1.82, 2.24) is 14.8 Å². The first kappa shape index (κ1) is 14.2. The van der Waals surface area contributed by atoms with E-state index in [4.69, 9.17) is 23.2 Å². The van der Waals surface area contributed by atoms with Gasteiger partial charge in [-0.3, -0.25) is 4.68 Å². The molecule has 0 aliphatic carbocycles. The van der Waals surface area contributed by atoms with Crippen molar-refractivity contribution in [3.8, 4) is 11.1 Å². The normalized spacial score (nSPS) is 12.6. The Balaban J connectivity index is 1.96. The van der Waals surface area contributed by atoms with Gasteiger partial charge in [-0.25, -0.2) is 4.39 Å². The van der Waals surface area contributed by atoms with Crippen molar-refractivity contribution in [3.05, 3.63) is 64.4 Å². The lowest BCUT2D eigenvalue weighted by molar-refractivity contribution is 0.556. The Morgan fingerprint density at radius 1 is 1.24 bits per heavy atom. The van der Waals surface area contributed by atoms with Crippen LogP contribution in [0, 0.1) is 5.82 Å². The first-order chi connectivity index (χ1) is 10.1. The minimum absolute atomic E-state index is 0.0180. The molecule has 6 heteroatoms. The molecule has 0 aliphatic rings. The second-order valence-corrected chi connectivity index (χ2v) is 5.59. The molecule has 1 N–H and O–H groups in total. The van der Waals surface area contributed by atoms with Crippen molar-refractivity contribution in [1.29, 1.82) is 0 Å². The molecule has 0 aliphatic heterocycles. The Hall–Kier alpha value is -1.78. The van der Waals surface area contributed by atoms with Gasteiger partial charge in [-0.1, -0.05) is 23.2 Å². The van der Waals surface area contributed by atoms with Crippen LogP contribution in [0.25, 0.3) is 11.1 Å². The quantitative estimate of drug-likeness (QED) is 0.681. The molecule has 1 aromatic carbocycles. The lowest BCUT2D eigenvalue weighted by atomic mass is 10.1. The van der Waals surface area contributed by atoms with Crippen LogP contribution >= 0.6 is 23.2 Å². The van der Waals surface area contributed by atoms with Gasteiger partial charge in [0.15, 0.2) is 0 Å². The smallest absolute Gasteiger partial charge is 0.142 e. The summed E-state index contributed by atoms with van der Waals surface area (Å²) >= 11 is 11.9. The molecule has 3 nitrogen and oxygen atoms in total. The Labute approximate surface area is 131 Å². The highest BCUT2D eigenvalue weighted by atomic mass is 35.5. The van der Waals surface area contributed by atoms with Crippen LogP contribution in [0.4, 0.5) is 4.39 Å². The van der Waals surface area contributed by atoms with Crippen molar-refractivity contribution in [2.45, 2.75) is 13.0 Å². The largest absolute Gasteiger partial charge is 0.367 e. The molecule has 3 rings (SSSR count). The standard InChI is InChI=1S/C15H12Cl2FN3/c1-9(12-4-15(18)14(17)5-13(12)16)21-8-11(7-20-21)10-2-3-19-6-10/h2-9,19H,1H3. The van der Waals surface area contributed by atoms with Crippen LogP contribution in [-0.4, -0.2) is 14.8 Å². The Bertz CT molecular complexity index is 765. The molecule has 108 valence electrons. The molecule has 0 spiro atoms. The summed E-state index contributed by atoms with van der Waals surface area (Å²) in [6.07, 6.45) is 7.40. The minimum atomic E-state index is -0.485. The molecule has 0 saturated heterocycles. The zero-order chi connectivity index (χ0) is 15.0. The van der Waals surface area contributed by atoms with Gasteiger partial charge in [-0.05, 0) is 30.7 Å². The SMILES string of the molecule is CC(c1cc(F)c(Cl)cc1Cl)n1cc(-c2cc[nH]c2)cn1. The molecule has 0 radical (unpaired) electrons. The van der Waals surface area contributed by atoms with E-state index in [-0.39, 0.29) is 11.1 Å². The van der Waals surface area contributed by atoms with Gasteiger partial charge in [0, 0.05) is 34.7 Å². The van der Waals surface area contributed by atoms with Crippen LogP contribution in [-0.2, 0) is 0 Å². The summed E-state index contributed by atoms with van der Waals surface area (Å²) in [5, 5.41) is 4.77. The van der Waals surface area contributed by atoms with Crippen molar-refractivity contribution in [3.63, 3.8) is 0 Å². The molecule has 1 unspecified atom stereocenters. The van der Waals surface area contributed by atoms with Crippen molar-refractivity contribution >= 4 is 23.2 Å². The fraction of sp³-hybridized carbons (Fsp3) is 0.133. The Kier molecular flexibility index (Phi) is 3.74. The number of nitrogens with one attached hydrogen (secondary N) is 1. The van der Waals surface area contributed by atoms with Gasteiger partial charge in [0.2, 0.25) is 0 Å². The van der Waals surface area contributed by atoms with Gasteiger partial charge >= 0.3 is 0 Å². The average Bonchev–Trinajstić information content (AvgIpc) is 3.11. The van der Waals surface area contributed by atoms with Crippen molar-refractivity contribution < 1.29 is 4.39 Å². The van der Waals surface area contributed by atoms with Crippen molar-refractivity contribution in [2.75, 3.05) is 0 Å². The Morgan fingerprint density at radius 2 is 2.05 bits per heavy atom. The maximum absolute atomic E-state index is 13.6. The molecule has 2 heterocycles. The monoisotopic (exact) mass is 323 g/mol. The third kappa shape index (κ3) is 2.69. The zero-order valence-corrected chi connectivity index (χ0v) is 12.7. The van der Waals surface area contributed by atoms with E-state index in [1.54, 1.807) is 10.9 Å². The maximum Gasteiger partial charge on any atom is 0.142 e. The molecule has 0 saturated carbocycles. The van der Waals surface area contributed by atoms with Crippen LogP contribution in [0.5, 0.6) is 0 Å². The van der Waals surface area contributed by atoms with Gasteiger partial charge in [-0.2, -0.15) is 5.10 Å². The van der Waals surface area contributed by atoms with Gasteiger partial charge < -0.3 is 4.98 Å². The molecular formula is C15H12Cl2FN3. The maximum atomic E-state index is 13.6. The van der Waals surface area contributed by atoms with Gasteiger partial charge in [-0.15, -0.1) is 0 Å². The topological polar surface area (TPSA) is 33.6 Å². The van der Waals surface area contributed by atoms with E-state index in [0.717, 1.165) is 11.1 Å². The van der Waals surface area contributed by atoms with Crippen LogP contribution < -0.4 is 0 Å². The predicted molar refractivity (Wildman–Crippen MR) is 82.2 cm³/mol. The summed E-state index contributed by atoms with van der Waals surface area (Å²) < 4.78 is 15.4. The summed E-state index contributed by atoms with van der Waals surface area (Å²) in [7, 11) is 0. The predicted octanol–water partition coefficient (Wildman–Crippen LogP) is 4.93. The van der Waals surface area contributed by atoms with Crippen molar-refractivity contribution in [2.24, 2.45) is 0 Å². The van der Waals surface area contributed by atoms with Gasteiger partial charge in [0.1, 0.15) is 5.82 Å². The molecule has 3 aromatic rings. The number of hydrogen-bond acceptors (Lipinski definition) is 1. The number of halogens is 3. The van der Waals surface area contributed by atoms with E-state index in [2.05, 4.69) is 10.1 Å². The number of nitrogens with zero attached hydrogens (tertiary/aromatic N) is 2. The van der Waals surface area contributed by atoms with E-state index in [9.17, 15) is 4.39 Å². The molecule has 2 aromatic heterocycles. The number of aromatic amines is 1. The molecule has 0 bridgehead atoms. The van der Waals surface area contributed by atoms with E-state index in [1.807, 2.05) is 31.6 Å². The third-order valence-electron chi connectivity index (χ3n) is 3.42. The highest BCUT2D eigenvalue weighted by molar-refractivity contribution is 6.35. The lowest BCUT2D eigenvalue weighted by Gasteiger charge is -2.15. The molecule has 0 fully saturated rings. The number of aromatic nitrogens is 3. The van der Waals surface area contributed by atoms with E-state index < -0.39 is 5.82 Å². The average molecular weight is 324 g/mol. The van der Waals surface area contributed by atoms with E-state index in [0.29, 0.717) is 10.6 Å². The summed E-state index contributed by atoms with van der Waals surface area (Å²) in [5.74, 6) is -0.485. The first-order valence-electron chi connectivity index (χ1n) is 6.38. The molecule has 1 atom stereocenters. The number of rotatable bonds is 3. The highest BCUT2D eigenvalue weighted by Gasteiger charge is 2.16. The highest BCUT2D eigenvalue weighted by Crippen LogP contribution is 2.31. The minimum Gasteiger partial charge on any atom is -0.367 e. The molecule has 0 amide bonds. The second kappa shape index (κ2) is 5.54. The number of hydrogen-bond donors (Lipinski definition) is 1. The summed E-state index contributed by atoms with van der Waals surface area (Å²) in [6.45, 7) is 1.91. The first-order valence-corrected chi connectivity index (χ1v) is 7.13.